The van der Waals surface area contributed by atoms with Gasteiger partial charge in [0.05, 0.1) is 5.60 Å². The summed E-state index contributed by atoms with van der Waals surface area (Å²) in [7, 11) is 0. The van der Waals surface area contributed by atoms with E-state index < -0.39 is 17.4 Å². The molecule has 0 aliphatic heterocycles. The molecule has 2 nitrogen and oxygen atoms in total. The molecule has 0 heterocycles. The van der Waals surface area contributed by atoms with Crippen molar-refractivity contribution >= 4 is 0 Å². The molecule has 0 radical (unpaired) electrons. The van der Waals surface area contributed by atoms with Crippen LogP contribution in [0.15, 0.2) is 0 Å². The number of aliphatic hydroxyl groups is 2. The van der Waals surface area contributed by atoms with Crippen LogP contribution < -0.4 is 0 Å². The maximum absolute atomic E-state index is 13.3. The molecule has 0 unspecified atom stereocenters. The molecule has 5 aliphatic carbocycles. The van der Waals surface area contributed by atoms with Crippen LogP contribution in [0.3, 0.4) is 0 Å². The lowest BCUT2D eigenvalue weighted by Crippen LogP contribution is -2.56. The number of hydrogen-bond donors (Lipinski definition) is 2. The second kappa shape index (κ2) is 7.85. The van der Waals surface area contributed by atoms with E-state index in [1.807, 2.05) is 0 Å². The summed E-state index contributed by atoms with van der Waals surface area (Å²) in [5.74, 6) is 5.01. The molecular formula is C29H47F3O2. The molecule has 5 saturated carbocycles. The largest absolute Gasteiger partial charge is 0.416 e. The molecule has 2 N–H and O–H groups in total. The first kappa shape index (κ1) is 25.4. The number of halogens is 3. The summed E-state index contributed by atoms with van der Waals surface area (Å²) in [5, 5.41) is 21.1. The zero-order valence-electron chi connectivity index (χ0n) is 21.9. The monoisotopic (exact) mass is 484 g/mol. The molecule has 12 atom stereocenters. The van der Waals surface area contributed by atoms with Crippen molar-refractivity contribution in [3.8, 4) is 0 Å². The van der Waals surface area contributed by atoms with Gasteiger partial charge in [-0.1, -0.05) is 27.7 Å². The molecule has 5 heteroatoms. The molecular weight excluding hydrogens is 437 g/mol. The van der Waals surface area contributed by atoms with Crippen LogP contribution in [0, 0.1) is 58.2 Å². The third kappa shape index (κ3) is 3.63. The fraction of sp³-hybridized carbons (Fsp3) is 1.00. The van der Waals surface area contributed by atoms with E-state index in [2.05, 4.69) is 27.7 Å². The molecule has 0 aromatic rings. The molecule has 0 aromatic carbocycles. The summed E-state index contributed by atoms with van der Waals surface area (Å²) in [4.78, 5) is 0. The summed E-state index contributed by atoms with van der Waals surface area (Å²) in [6.45, 7) is 10.2. The standard InChI is InChI=1S/C29H47F3O2/c1-6-28(34)14-13-25(3)18(16-28)7-8-19-22(25)10-11-26(4)23(20-15-21(20)24(19)26)17(2)9-12-27(5,33)29(30,31)32/h17-24,33-34H,6-16H2,1-5H3/t17-,18+,19-,20+,21-,22+,23+,24-,25+,26-,27-,28+/m1/s1. The summed E-state index contributed by atoms with van der Waals surface area (Å²) >= 11 is 0. The van der Waals surface area contributed by atoms with Gasteiger partial charge in [0, 0.05) is 0 Å². The lowest BCUT2D eigenvalue weighted by Gasteiger charge is -2.63. The van der Waals surface area contributed by atoms with Crippen LogP contribution in [0.5, 0.6) is 0 Å². The zero-order valence-corrected chi connectivity index (χ0v) is 21.9. The first-order valence-corrected chi connectivity index (χ1v) is 14.2. The fourth-order valence-corrected chi connectivity index (χ4v) is 10.6. The number of hydrogen-bond acceptors (Lipinski definition) is 2. The second-order valence-electron chi connectivity index (χ2n) is 14.3. The van der Waals surface area contributed by atoms with E-state index in [4.69, 9.17) is 0 Å². The number of fused-ring (bicyclic) bond motifs is 7. The van der Waals surface area contributed by atoms with E-state index in [0.717, 1.165) is 56.3 Å². The number of rotatable bonds is 5. The lowest BCUT2D eigenvalue weighted by molar-refractivity contribution is -0.256. The van der Waals surface area contributed by atoms with E-state index in [1.165, 1.54) is 32.1 Å². The molecule has 0 saturated heterocycles. The van der Waals surface area contributed by atoms with Crippen LogP contribution in [0.1, 0.15) is 105 Å². The van der Waals surface area contributed by atoms with E-state index in [1.54, 1.807) is 0 Å². The molecule has 5 rings (SSSR count). The number of alkyl halides is 3. The van der Waals surface area contributed by atoms with Crippen LogP contribution >= 0.6 is 0 Å². The normalized spacial score (nSPS) is 52.6. The van der Waals surface area contributed by atoms with Gasteiger partial charge in [0.15, 0.2) is 5.60 Å². The Balaban J connectivity index is 1.33. The Hall–Kier alpha value is -0.290. The van der Waals surface area contributed by atoms with Gasteiger partial charge in [-0.25, -0.2) is 0 Å². The molecule has 0 spiro atoms. The summed E-state index contributed by atoms with van der Waals surface area (Å²) in [6, 6.07) is 0. The van der Waals surface area contributed by atoms with Crippen molar-refractivity contribution in [3.63, 3.8) is 0 Å². The summed E-state index contributed by atoms with van der Waals surface area (Å²) in [5.41, 5.74) is -2.48. The van der Waals surface area contributed by atoms with Gasteiger partial charge in [0.2, 0.25) is 0 Å². The van der Waals surface area contributed by atoms with Crippen molar-refractivity contribution in [2.45, 2.75) is 123 Å². The third-order valence-electron chi connectivity index (χ3n) is 12.7. The predicted octanol–water partition coefficient (Wildman–Crippen LogP) is 7.37. The minimum atomic E-state index is -4.56. The zero-order chi connectivity index (χ0) is 24.9. The Morgan fingerprint density at radius 3 is 2.32 bits per heavy atom. The third-order valence-corrected chi connectivity index (χ3v) is 12.7. The highest BCUT2D eigenvalue weighted by Crippen LogP contribution is 2.77. The molecule has 5 fully saturated rings. The van der Waals surface area contributed by atoms with E-state index in [9.17, 15) is 23.4 Å². The molecule has 0 aromatic heterocycles. The Labute approximate surface area is 204 Å². The maximum Gasteiger partial charge on any atom is 0.416 e. The Bertz CT molecular complexity index is 795. The van der Waals surface area contributed by atoms with E-state index in [0.29, 0.717) is 29.6 Å². The molecule has 34 heavy (non-hydrogen) atoms. The van der Waals surface area contributed by atoms with Crippen molar-refractivity contribution in [2.24, 2.45) is 58.2 Å². The molecule has 0 amide bonds. The van der Waals surface area contributed by atoms with Crippen LogP contribution in [-0.4, -0.2) is 27.6 Å². The fourth-order valence-electron chi connectivity index (χ4n) is 10.6. The van der Waals surface area contributed by atoms with Gasteiger partial charge in [-0.15, -0.1) is 0 Å². The van der Waals surface area contributed by atoms with Gasteiger partial charge in [-0.3, -0.25) is 0 Å². The summed E-state index contributed by atoms with van der Waals surface area (Å²) < 4.78 is 39.8. The predicted molar refractivity (Wildman–Crippen MR) is 128 cm³/mol. The highest BCUT2D eigenvalue weighted by atomic mass is 19.4. The average Bonchev–Trinajstić information content (AvgIpc) is 3.46. The molecule has 5 aliphatic rings. The van der Waals surface area contributed by atoms with Gasteiger partial charge in [0.25, 0.3) is 0 Å². The van der Waals surface area contributed by atoms with Crippen LogP contribution in [0.25, 0.3) is 0 Å². The maximum atomic E-state index is 13.3. The SMILES string of the molecule is CC[C@]1(O)CC[C@@]2(C)[C@@H](CC[C@H]3[C@@H]4[C@@H]5C[C@@H]5[C@H]([C@H](C)CC[C@@](C)(O)C(F)(F)F)[C@@]4(C)CC[C@@H]32)C1. The topological polar surface area (TPSA) is 40.5 Å². The molecule has 196 valence electrons. The summed E-state index contributed by atoms with van der Waals surface area (Å²) in [6.07, 6.45) is 5.84. The van der Waals surface area contributed by atoms with Crippen molar-refractivity contribution in [3.05, 3.63) is 0 Å². The van der Waals surface area contributed by atoms with Gasteiger partial charge in [-0.05, 0) is 136 Å². The van der Waals surface area contributed by atoms with Gasteiger partial charge < -0.3 is 10.2 Å². The minimum Gasteiger partial charge on any atom is -0.390 e. The Kier molecular flexibility index (Phi) is 5.86. The first-order valence-electron chi connectivity index (χ1n) is 14.2. The average molecular weight is 485 g/mol. The highest BCUT2D eigenvalue weighted by molar-refractivity contribution is 5.19. The van der Waals surface area contributed by atoms with Crippen LogP contribution in [-0.2, 0) is 0 Å². The first-order chi connectivity index (χ1) is 15.7. The Morgan fingerprint density at radius 2 is 1.68 bits per heavy atom. The highest BCUT2D eigenvalue weighted by Gasteiger charge is 2.71. The van der Waals surface area contributed by atoms with E-state index in [-0.39, 0.29) is 17.8 Å². The minimum absolute atomic E-state index is 0.196. The second-order valence-corrected chi connectivity index (χ2v) is 14.3. The van der Waals surface area contributed by atoms with Crippen molar-refractivity contribution in [1.82, 2.24) is 0 Å². The van der Waals surface area contributed by atoms with Crippen molar-refractivity contribution in [2.75, 3.05) is 0 Å². The van der Waals surface area contributed by atoms with Crippen molar-refractivity contribution < 1.29 is 23.4 Å². The van der Waals surface area contributed by atoms with Gasteiger partial charge in [0.1, 0.15) is 0 Å². The van der Waals surface area contributed by atoms with Gasteiger partial charge in [-0.2, -0.15) is 13.2 Å². The van der Waals surface area contributed by atoms with Crippen molar-refractivity contribution in [1.29, 1.82) is 0 Å². The van der Waals surface area contributed by atoms with E-state index >= 15 is 0 Å². The lowest BCUT2D eigenvalue weighted by atomic mass is 9.42. The van der Waals surface area contributed by atoms with Gasteiger partial charge >= 0.3 is 6.18 Å². The van der Waals surface area contributed by atoms with Crippen LogP contribution in [0.4, 0.5) is 13.2 Å². The quantitative estimate of drug-likeness (QED) is 0.428. The Morgan fingerprint density at radius 1 is 0.971 bits per heavy atom. The molecule has 0 bridgehead atoms. The smallest absolute Gasteiger partial charge is 0.390 e. The van der Waals surface area contributed by atoms with Crippen LogP contribution in [0.2, 0.25) is 0 Å².